The second-order valence-corrected chi connectivity index (χ2v) is 10.5. The van der Waals surface area contributed by atoms with Gasteiger partial charge in [0, 0.05) is 11.6 Å². The summed E-state index contributed by atoms with van der Waals surface area (Å²) in [6.45, 7) is 5.98. The fraction of sp³-hybridized carbons (Fsp3) is 0.500. The first kappa shape index (κ1) is 31.2. The fourth-order valence-electron chi connectivity index (χ4n) is 4.57. The van der Waals surface area contributed by atoms with E-state index < -0.39 is 0 Å². The van der Waals surface area contributed by atoms with Crippen molar-refractivity contribution in [2.75, 3.05) is 13.2 Å². The van der Waals surface area contributed by atoms with Crippen molar-refractivity contribution in [3.8, 4) is 34.6 Å². The van der Waals surface area contributed by atoms with Crippen LogP contribution in [0.15, 0.2) is 60.7 Å². The summed E-state index contributed by atoms with van der Waals surface area (Å²) >= 11 is 0. The summed E-state index contributed by atoms with van der Waals surface area (Å²) in [5, 5.41) is 8.35. The third-order valence-corrected chi connectivity index (χ3v) is 7.06. The van der Waals surface area contributed by atoms with Crippen LogP contribution in [0.25, 0.3) is 11.1 Å². The monoisotopic (exact) mass is 540 g/mol. The van der Waals surface area contributed by atoms with Gasteiger partial charge in [-0.05, 0) is 60.2 Å². The van der Waals surface area contributed by atoms with Gasteiger partial charge < -0.3 is 9.47 Å². The highest BCUT2D eigenvalue weighted by atomic mass is 16.5. The number of hydrogen-bond acceptors (Lipinski definition) is 4. The molecule has 214 valence electrons. The van der Waals surface area contributed by atoms with Gasteiger partial charge in [-0.15, -0.1) is 10.2 Å². The van der Waals surface area contributed by atoms with Crippen LogP contribution in [0.3, 0.4) is 0 Å². The number of nitrogens with zero attached hydrogens (tertiary/aromatic N) is 2. The van der Waals surface area contributed by atoms with E-state index in [9.17, 15) is 0 Å². The summed E-state index contributed by atoms with van der Waals surface area (Å²) in [7, 11) is 0. The van der Waals surface area contributed by atoms with E-state index in [1.807, 2.05) is 24.3 Å². The summed E-state index contributed by atoms with van der Waals surface area (Å²) < 4.78 is 11.7. The Balaban J connectivity index is 1.36. The van der Waals surface area contributed by atoms with Crippen LogP contribution < -0.4 is 9.47 Å². The van der Waals surface area contributed by atoms with E-state index >= 15 is 0 Å². The highest BCUT2D eigenvalue weighted by Gasteiger charge is 2.01. The Hall–Kier alpha value is -3.32. The molecule has 0 N–H and O–H groups in total. The molecule has 3 rings (SSSR count). The van der Waals surface area contributed by atoms with Crippen molar-refractivity contribution < 1.29 is 9.47 Å². The van der Waals surface area contributed by atoms with E-state index in [0.717, 1.165) is 36.3 Å². The molecule has 40 heavy (non-hydrogen) atoms. The first-order valence-electron chi connectivity index (χ1n) is 15.6. The number of unbranched alkanes of at least 4 members (excludes halogenated alkanes) is 12. The van der Waals surface area contributed by atoms with Crippen molar-refractivity contribution in [2.24, 2.45) is 0 Å². The van der Waals surface area contributed by atoms with Gasteiger partial charge in [-0.3, -0.25) is 0 Å². The molecule has 0 unspecified atom stereocenters. The lowest BCUT2D eigenvalue weighted by atomic mass is 10.0. The molecule has 0 radical (unpaired) electrons. The average Bonchev–Trinajstić information content (AvgIpc) is 3.00. The molecule has 0 aliphatic rings. The lowest BCUT2D eigenvalue weighted by Gasteiger charge is -2.08. The lowest BCUT2D eigenvalue weighted by Crippen LogP contribution is -2.00. The Labute approximate surface area is 242 Å². The molecule has 0 atom stereocenters. The zero-order valence-corrected chi connectivity index (χ0v) is 24.8. The highest BCUT2D eigenvalue weighted by Crippen LogP contribution is 2.23. The van der Waals surface area contributed by atoms with Gasteiger partial charge >= 0.3 is 0 Å². The van der Waals surface area contributed by atoms with Gasteiger partial charge in [-0.25, -0.2) is 0 Å². The molecule has 0 saturated heterocycles. The standard InChI is InChI=1S/C36H48N2O2/c1-3-5-7-9-11-12-14-15-29-39-35-26-22-33(23-27-35)32-20-17-31(18-21-32)19-24-34-25-28-36(38-37-34)40-30-16-13-10-8-6-4-2/h17-18,20-23,25-28H,3-16,29-30H2,1-2H3. The van der Waals surface area contributed by atoms with Gasteiger partial charge in [-0.2, -0.15) is 0 Å². The molecule has 0 saturated carbocycles. The molecule has 0 aliphatic carbocycles. The molecule has 4 nitrogen and oxygen atoms in total. The average molecular weight is 541 g/mol. The number of ether oxygens (including phenoxy) is 2. The van der Waals surface area contributed by atoms with Gasteiger partial charge in [0.15, 0.2) is 0 Å². The molecule has 0 aliphatic heterocycles. The smallest absolute Gasteiger partial charge is 0.233 e. The molecule has 1 aromatic heterocycles. The van der Waals surface area contributed by atoms with E-state index in [1.54, 1.807) is 0 Å². The fourth-order valence-corrected chi connectivity index (χ4v) is 4.57. The van der Waals surface area contributed by atoms with Crippen LogP contribution in [0.4, 0.5) is 0 Å². The normalized spacial score (nSPS) is 10.7. The summed E-state index contributed by atoms with van der Waals surface area (Å²) in [5.41, 5.74) is 3.91. The summed E-state index contributed by atoms with van der Waals surface area (Å²) in [5.74, 6) is 7.78. The molecule has 1 heterocycles. The van der Waals surface area contributed by atoms with Crippen molar-refractivity contribution in [1.82, 2.24) is 10.2 Å². The largest absolute Gasteiger partial charge is 0.494 e. The van der Waals surface area contributed by atoms with Crippen molar-refractivity contribution in [3.63, 3.8) is 0 Å². The maximum atomic E-state index is 5.95. The molecule has 2 aromatic carbocycles. The Bertz CT molecular complexity index is 1110. The topological polar surface area (TPSA) is 44.2 Å². The molecule has 0 amide bonds. The predicted molar refractivity (Wildman–Crippen MR) is 167 cm³/mol. The molecule has 0 bridgehead atoms. The second-order valence-electron chi connectivity index (χ2n) is 10.5. The summed E-state index contributed by atoms with van der Waals surface area (Å²) in [6.07, 6.45) is 17.9. The van der Waals surface area contributed by atoms with E-state index in [0.29, 0.717) is 18.2 Å². The van der Waals surface area contributed by atoms with Gasteiger partial charge in [0.1, 0.15) is 11.4 Å². The Morgan fingerprint density at radius 3 is 1.57 bits per heavy atom. The van der Waals surface area contributed by atoms with Crippen LogP contribution in [0.1, 0.15) is 115 Å². The van der Waals surface area contributed by atoms with Crippen molar-refractivity contribution in [3.05, 3.63) is 71.9 Å². The minimum atomic E-state index is 0.563. The van der Waals surface area contributed by atoms with Crippen LogP contribution in [-0.4, -0.2) is 23.4 Å². The third-order valence-electron chi connectivity index (χ3n) is 7.06. The number of aromatic nitrogens is 2. The Morgan fingerprint density at radius 1 is 0.500 bits per heavy atom. The van der Waals surface area contributed by atoms with Crippen LogP contribution in [0.5, 0.6) is 11.6 Å². The quantitative estimate of drug-likeness (QED) is 0.112. The van der Waals surface area contributed by atoms with Gasteiger partial charge in [0.25, 0.3) is 0 Å². The maximum Gasteiger partial charge on any atom is 0.233 e. The number of rotatable bonds is 19. The predicted octanol–water partition coefficient (Wildman–Crippen LogP) is 9.80. The molecule has 0 spiro atoms. The highest BCUT2D eigenvalue weighted by molar-refractivity contribution is 5.65. The minimum absolute atomic E-state index is 0.563. The molecule has 4 heteroatoms. The van der Waals surface area contributed by atoms with Crippen LogP contribution in [0, 0.1) is 11.8 Å². The number of hydrogen-bond donors (Lipinski definition) is 0. The molecule has 0 fully saturated rings. The zero-order chi connectivity index (χ0) is 28.1. The first-order valence-corrected chi connectivity index (χ1v) is 15.6. The summed E-state index contributed by atoms with van der Waals surface area (Å²) in [6, 6.07) is 20.4. The second kappa shape index (κ2) is 19.7. The van der Waals surface area contributed by atoms with E-state index in [2.05, 4.69) is 72.3 Å². The van der Waals surface area contributed by atoms with Crippen molar-refractivity contribution in [2.45, 2.75) is 104 Å². The van der Waals surface area contributed by atoms with Gasteiger partial charge in [0.05, 0.1) is 13.2 Å². The lowest BCUT2D eigenvalue weighted by molar-refractivity contribution is 0.290. The minimum Gasteiger partial charge on any atom is -0.494 e. The van der Waals surface area contributed by atoms with E-state index in [4.69, 9.17) is 9.47 Å². The Kier molecular flexibility index (Phi) is 15.4. The molecular weight excluding hydrogens is 492 g/mol. The Morgan fingerprint density at radius 2 is 1.02 bits per heavy atom. The van der Waals surface area contributed by atoms with Gasteiger partial charge in [0.2, 0.25) is 5.88 Å². The van der Waals surface area contributed by atoms with Crippen LogP contribution in [0.2, 0.25) is 0 Å². The van der Waals surface area contributed by atoms with E-state index in [-0.39, 0.29) is 0 Å². The zero-order valence-electron chi connectivity index (χ0n) is 24.8. The van der Waals surface area contributed by atoms with Crippen LogP contribution in [-0.2, 0) is 0 Å². The maximum absolute atomic E-state index is 5.95. The van der Waals surface area contributed by atoms with Gasteiger partial charge in [-0.1, -0.05) is 121 Å². The molecule has 3 aromatic rings. The molecular formula is C36H48N2O2. The van der Waals surface area contributed by atoms with Crippen LogP contribution >= 0.6 is 0 Å². The van der Waals surface area contributed by atoms with Crippen molar-refractivity contribution >= 4 is 0 Å². The first-order chi connectivity index (χ1) is 19.8. The third kappa shape index (κ3) is 12.7. The van der Waals surface area contributed by atoms with E-state index in [1.165, 1.54) is 82.6 Å². The number of benzene rings is 2. The summed E-state index contributed by atoms with van der Waals surface area (Å²) in [4.78, 5) is 0. The van der Waals surface area contributed by atoms with Crippen molar-refractivity contribution in [1.29, 1.82) is 0 Å². The SMILES string of the molecule is CCCCCCCCCCOc1ccc(-c2ccc(C#Cc3ccc(OCCCCCCCC)nn3)cc2)cc1.